The molecule has 4 aromatic rings. The molecule has 0 spiro atoms. The number of fused-ring (bicyclic) bond motifs is 1. The lowest BCUT2D eigenvalue weighted by Gasteiger charge is -2.16. The molecule has 4 rings (SSSR count). The topological polar surface area (TPSA) is 85.2 Å². The van der Waals surface area contributed by atoms with Crippen LogP contribution in [-0.2, 0) is 13.0 Å². The van der Waals surface area contributed by atoms with Crippen molar-refractivity contribution in [3.63, 3.8) is 0 Å². The van der Waals surface area contributed by atoms with Crippen LogP contribution >= 0.6 is 0 Å². The zero-order valence-corrected chi connectivity index (χ0v) is 18.2. The van der Waals surface area contributed by atoms with Crippen molar-refractivity contribution >= 4 is 11.0 Å². The molecule has 0 amide bonds. The van der Waals surface area contributed by atoms with Crippen molar-refractivity contribution in [3.05, 3.63) is 59.7 Å². The van der Waals surface area contributed by atoms with Crippen LogP contribution in [0.5, 0.6) is 11.5 Å². The van der Waals surface area contributed by atoms with E-state index in [0.29, 0.717) is 17.8 Å². The molecular formula is C23H24F2N4O3. The highest BCUT2D eigenvalue weighted by Crippen LogP contribution is 2.34. The summed E-state index contributed by atoms with van der Waals surface area (Å²) in [4.78, 5) is 7.48. The molecule has 0 saturated carbocycles. The number of halogens is 2. The van der Waals surface area contributed by atoms with Crippen molar-refractivity contribution < 1.29 is 23.4 Å². The highest BCUT2D eigenvalue weighted by Gasteiger charge is 2.22. The fourth-order valence-corrected chi connectivity index (χ4v) is 3.64. The molecule has 0 radical (unpaired) electrons. The molecule has 32 heavy (non-hydrogen) atoms. The minimum Gasteiger partial charge on any atom is -0.494 e. The predicted molar refractivity (Wildman–Crippen MR) is 116 cm³/mol. The van der Waals surface area contributed by atoms with Crippen LogP contribution in [0.2, 0.25) is 0 Å². The Morgan fingerprint density at radius 1 is 1.06 bits per heavy atom. The second-order valence-corrected chi connectivity index (χ2v) is 8.24. The minimum absolute atomic E-state index is 0.0195. The van der Waals surface area contributed by atoms with E-state index in [2.05, 4.69) is 15.1 Å². The molecule has 0 bridgehead atoms. The van der Waals surface area contributed by atoms with E-state index in [1.165, 1.54) is 20.3 Å². The van der Waals surface area contributed by atoms with Gasteiger partial charge >= 0.3 is 0 Å². The molecule has 1 aromatic carbocycles. The number of hydrogen-bond donors (Lipinski definition) is 2. The fourth-order valence-electron chi connectivity index (χ4n) is 3.64. The summed E-state index contributed by atoms with van der Waals surface area (Å²) in [5.41, 5.74) is 1.84. The van der Waals surface area contributed by atoms with Gasteiger partial charge in [-0.25, -0.2) is 13.8 Å². The molecule has 0 saturated heterocycles. The Morgan fingerprint density at radius 2 is 1.75 bits per heavy atom. The Balaban J connectivity index is 1.72. The molecule has 0 aliphatic rings. The number of aromatic amines is 1. The molecule has 0 unspecified atom stereocenters. The van der Waals surface area contributed by atoms with Crippen LogP contribution in [-0.4, -0.2) is 44.7 Å². The van der Waals surface area contributed by atoms with E-state index in [1.807, 2.05) is 12.3 Å². The van der Waals surface area contributed by atoms with E-state index in [4.69, 9.17) is 9.47 Å². The Kier molecular flexibility index (Phi) is 5.60. The molecule has 7 nitrogen and oxygen atoms in total. The van der Waals surface area contributed by atoms with Crippen LogP contribution in [0.3, 0.4) is 0 Å². The molecule has 3 aromatic heterocycles. The Bertz CT molecular complexity index is 1250. The van der Waals surface area contributed by atoms with Crippen LogP contribution in [0.15, 0.2) is 36.9 Å². The molecule has 2 N–H and O–H groups in total. The lowest BCUT2D eigenvalue weighted by atomic mass is 10.0. The largest absolute Gasteiger partial charge is 0.494 e. The number of nitrogens with one attached hydrogen (secondary N) is 1. The first-order chi connectivity index (χ1) is 15.2. The van der Waals surface area contributed by atoms with Gasteiger partial charge in [-0.1, -0.05) is 0 Å². The van der Waals surface area contributed by atoms with Gasteiger partial charge < -0.3 is 19.6 Å². The van der Waals surface area contributed by atoms with Gasteiger partial charge in [0, 0.05) is 53.2 Å². The van der Waals surface area contributed by atoms with Crippen molar-refractivity contribution in [3.8, 4) is 22.6 Å². The van der Waals surface area contributed by atoms with Gasteiger partial charge in [0.05, 0.1) is 32.6 Å². The van der Waals surface area contributed by atoms with E-state index in [-0.39, 0.29) is 23.5 Å². The van der Waals surface area contributed by atoms with Gasteiger partial charge in [0.2, 0.25) is 0 Å². The average molecular weight is 442 g/mol. The standard InChI is InChI=1S/C23H24F2N4O3/c1-23(2,30)12-29-11-15(10-28-29)13-5-16-14(9-27-22(16)26-8-13)6-17-20(24)18(31-3)7-19(32-4)21(17)25/h5,7-11,30H,6,12H2,1-4H3,(H,26,27). The maximum Gasteiger partial charge on any atom is 0.171 e. The minimum atomic E-state index is -0.898. The molecule has 168 valence electrons. The van der Waals surface area contributed by atoms with Gasteiger partial charge in [0.15, 0.2) is 23.1 Å². The van der Waals surface area contributed by atoms with Crippen molar-refractivity contribution in [2.75, 3.05) is 14.2 Å². The molecule has 0 aliphatic heterocycles. The third kappa shape index (κ3) is 4.16. The van der Waals surface area contributed by atoms with E-state index in [9.17, 15) is 13.9 Å². The summed E-state index contributed by atoms with van der Waals surface area (Å²) in [6, 6.07) is 3.08. The number of rotatable bonds is 7. The maximum absolute atomic E-state index is 14.8. The number of pyridine rings is 1. The summed E-state index contributed by atoms with van der Waals surface area (Å²) in [6.45, 7) is 3.76. The van der Waals surface area contributed by atoms with Gasteiger partial charge in [-0.3, -0.25) is 4.68 Å². The second-order valence-electron chi connectivity index (χ2n) is 8.24. The Labute approximate surface area is 183 Å². The number of benzene rings is 1. The first-order valence-electron chi connectivity index (χ1n) is 10.00. The number of methoxy groups -OCH3 is 2. The van der Waals surface area contributed by atoms with Crippen molar-refractivity contribution in [1.82, 2.24) is 19.7 Å². The molecule has 0 aliphatic carbocycles. The van der Waals surface area contributed by atoms with E-state index < -0.39 is 17.2 Å². The summed E-state index contributed by atoms with van der Waals surface area (Å²) >= 11 is 0. The summed E-state index contributed by atoms with van der Waals surface area (Å²) in [7, 11) is 2.64. The smallest absolute Gasteiger partial charge is 0.171 e. The zero-order chi connectivity index (χ0) is 23.0. The van der Waals surface area contributed by atoms with Crippen molar-refractivity contribution in [2.24, 2.45) is 0 Å². The quantitative estimate of drug-likeness (QED) is 0.451. The van der Waals surface area contributed by atoms with Crippen LogP contribution in [0.1, 0.15) is 25.0 Å². The monoisotopic (exact) mass is 442 g/mol. The summed E-state index contributed by atoms with van der Waals surface area (Å²) < 4.78 is 41.4. The number of hydrogen-bond acceptors (Lipinski definition) is 5. The van der Waals surface area contributed by atoms with Crippen LogP contribution < -0.4 is 9.47 Å². The lowest BCUT2D eigenvalue weighted by molar-refractivity contribution is 0.0577. The Hall–Kier alpha value is -3.46. The lowest BCUT2D eigenvalue weighted by Crippen LogP contribution is -2.26. The van der Waals surface area contributed by atoms with Crippen LogP contribution in [0.25, 0.3) is 22.2 Å². The van der Waals surface area contributed by atoms with Gasteiger partial charge in [-0.15, -0.1) is 0 Å². The van der Waals surface area contributed by atoms with E-state index >= 15 is 0 Å². The van der Waals surface area contributed by atoms with E-state index in [1.54, 1.807) is 37.1 Å². The zero-order valence-electron chi connectivity index (χ0n) is 18.2. The number of aliphatic hydroxyl groups is 1. The van der Waals surface area contributed by atoms with Gasteiger partial charge in [-0.2, -0.15) is 5.10 Å². The SMILES string of the molecule is COc1cc(OC)c(F)c(Cc2c[nH]c3ncc(-c4cnn(CC(C)(C)O)c4)cc23)c1F. The predicted octanol–water partition coefficient (Wildman–Crippen LogP) is 4.08. The first-order valence-corrected chi connectivity index (χ1v) is 10.00. The average Bonchev–Trinajstić information content (AvgIpc) is 3.36. The number of aromatic nitrogens is 4. The number of ether oxygens (including phenoxy) is 2. The summed E-state index contributed by atoms with van der Waals surface area (Å²) in [5, 5.41) is 15.0. The summed E-state index contributed by atoms with van der Waals surface area (Å²) in [5.74, 6) is -1.71. The number of H-pyrrole nitrogens is 1. The third-order valence-corrected chi connectivity index (χ3v) is 5.16. The van der Waals surface area contributed by atoms with Crippen molar-refractivity contribution in [2.45, 2.75) is 32.4 Å². The van der Waals surface area contributed by atoms with Crippen LogP contribution in [0.4, 0.5) is 8.78 Å². The third-order valence-electron chi connectivity index (χ3n) is 5.16. The Morgan fingerprint density at radius 3 is 2.38 bits per heavy atom. The summed E-state index contributed by atoms with van der Waals surface area (Å²) in [6.07, 6.45) is 6.87. The van der Waals surface area contributed by atoms with Gasteiger partial charge in [-0.05, 0) is 25.5 Å². The first kappa shape index (κ1) is 21.8. The van der Waals surface area contributed by atoms with Crippen molar-refractivity contribution in [1.29, 1.82) is 0 Å². The second kappa shape index (κ2) is 8.23. The number of nitrogens with zero attached hydrogens (tertiary/aromatic N) is 3. The molecule has 0 atom stereocenters. The van der Waals surface area contributed by atoms with Gasteiger partial charge in [0.1, 0.15) is 5.65 Å². The van der Waals surface area contributed by atoms with Crippen LogP contribution in [0, 0.1) is 11.6 Å². The molecular weight excluding hydrogens is 418 g/mol. The van der Waals surface area contributed by atoms with E-state index in [0.717, 1.165) is 16.5 Å². The van der Waals surface area contributed by atoms with Gasteiger partial charge in [0.25, 0.3) is 0 Å². The molecule has 9 heteroatoms. The highest BCUT2D eigenvalue weighted by atomic mass is 19.1. The normalized spacial score (nSPS) is 11.8. The highest BCUT2D eigenvalue weighted by molar-refractivity contribution is 5.84. The fraction of sp³-hybridized carbons (Fsp3) is 0.304. The molecule has 0 fully saturated rings. The maximum atomic E-state index is 14.8. The molecule has 3 heterocycles.